The van der Waals surface area contributed by atoms with E-state index in [1.807, 2.05) is 37.2 Å². The molecule has 1 aromatic carbocycles. The number of amidine groups is 1. The van der Waals surface area contributed by atoms with E-state index in [4.69, 9.17) is 10.5 Å². The minimum Gasteiger partial charge on any atom is -0.494 e. The summed E-state index contributed by atoms with van der Waals surface area (Å²) < 4.78 is 7.51. The standard InChI is InChI=1S/C18H23N5O/c1-22(2)10-12-9-20-23(11-12)15-8-14-13(7-16(15)24-3)18(5-4-6-18)17(19)21-14/h7-9,11H,4-6,10H2,1-3H3,(H2,19,21). The molecule has 2 aliphatic rings. The van der Waals surface area contributed by atoms with Crippen molar-refractivity contribution in [1.82, 2.24) is 14.7 Å². The topological polar surface area (TPSA) is 68.7 Å². The van der Waals surface area contributed by atoms with Crippen molar-refractivity contribution in [2.45, 2.75) is 31.2 Å². The molecule has 0 atom stereocenters. The summed E-state index contributed by atoms with van der Waals surface area (Å²) in [6.45, 7) is 0.849. The highest BCUT2D eigenvalue weighted by molar-refractivity contribution is 6.00. The average Bonchev–Trinajstić information content (AvgIpc) is 3.05. The molecular weight excluding hydrogens is 302 g/mol. The molecule has 0 saturated heterocycles. The van der Waals surface area contributed by atoms with Crippen LogP contribution in [-0.2, 0) is 12.0 Å². The Kier molecular flexibility index (Phi) is 3.38. The molecule has 4 rings (SSSR count). The summed E-state index contributed by atoms with van der Waals surface area (Å²) in [5.74, 6) is 1.56. The van der Waals surface area contributed by atoms with Crippen molar-refractivity contribution in [3.63, 3.8) is 0 Å². The van der Waals surface area contributed by atoms with Crippen molar-refractivity contribution in [3.05, 3.63) is 35.7 Å². The SMILES string of the molecule is COc1cc2c(cc1-n1cc(CN(C)C)cn1)N=C(N)C21CCC1. The van der Waals surface area contributed by atoms with Gasteiger partial charge in [0, 0.05) is 18.3 Å². The van der Waals surface area contributed by atoms with Crippen LogP contribution in [0.5, 0.6) is 5.75 Å². The molecule has 0 unspecified atom stereocenters. The minimum atomic E-state index is -0.0542. The maximum atomic E-state index is 6.25. The zero-order valence-electron chi connectivity index (χ0n) is 14.4. The second-order valence-electron chi connectivity index (χ2n) is 7.00. The van der Waals surface area contributed by atoms with Crippen LogP contribution < -0.4 is 10.5 Å². The first kappa shape index (κ1) is 15.2. The normalized spacial score (nSPS) is 17.8. The lowest BCUT2D eigenvalue weighted by Gasteiger charge is -2.39. The van der Waals surface area contributed by atoms with E-state index in [2.05, 4.69) is 21.1 Å². The number of rotatable bonds is 4. The zero-order valence-corrected chi connectivity index (χ0v) is 14.4. The Bertz CT molecular complexity index is 817. The van der Waals surface area contributed by atoms with Gasteiger partial charge in [-0.2, -0.15) is 5.10 Å². The van der Waals surface area contributed by atoms with Gasteiger partial charge in [0.05, 0.1) is 24.4 Å². The number of hydrogen-bond donors (Lipinski definition) is 1. The molecule has 0 radical (unpaired) electrons. The summed E-state index contributed by atoms with van der Waals surface area (Å²) in [7, 11) is 5.79. The van der Waals surface area contributed by atoms with Gasteiger partial charge in [0.1, 0.15) is 17.3 Å². The van der Waals surface area contributed by atoms with Gasteiger partial charge < -0.3 is 15.4 Å². The number of hydrogen-bond acceptors (Lipinski definition) is 5. The van der Waals surface area contributed by atoms with Crippen LogP contribution in [-0.4, -0.2) is 41.7 Å². The molecule has 1 spiro atoms. The average molecular weight is 325 g/mol. The molecule has 126 valence electrons. The van der Waals surface area contributed by atoms with Crippen LogP contribution in [0.25, 0.3) is 5.69 Å². The van der Waals surface area contributed by atoms with E-state index >= 15 is 0 Å². The number of aromatic nitrogens is 2. The van der Waals surface area contributed by atoms with Gasteiger partial charge in [-0.3, -0.25) is 0 Å². The molecule has 1 saturated carbocycles. The highest BCUT2D eigenvalue weighted by Gasteiger charge is 2.47. The van der Waals surface area contributed by atoms with Crippen LogP contribution in [0.15, 0.2) is 29.5 Å². The predicted octanol–water partition coefficient (Wildman–Crippen LogP) is 2.37. The van der Waals surface area contributed by atoms with Gasteiger partial charge in [0.15, 0.2) is 0 Å². The number of fused-ring (bicyclic) bond motifs is 2. The first-order valence-corrected chi connectivity index (χ1v) is 8.29. The van der Waals surface area contributed by atoms with Crippen LogP contribution in [0, 0.1) is 0 Å². The third-order valence-electron chi connectivity index (χ3n) is 5.13. The fraction of sp³-hybridized carbons (Fsp3) is 0.444. The molecule has 1 fully saturated rings. The smallest absolute Gasteiger partial charge is 0.144 e. The summed E-state index contributed by atoms with van der Waals surface area (Å²) >= 11 is 0. The number of ether oxygens (including phenoxy) is 1. The van der Waals surface area contributed by atoms with E-state index in [9.17, 15) is 0 Å². The van der Waals surface area contributed by atoms with E-state index in [0.717, 1.165) is 47.9 Å². The lowest BCUT2D eigenvalue weighted by Crippen LogP contribution is -2.44. The Balaban J connectivity index is 1.77. The number of nitrogens with zero attached hydrogens (tertiary/aromatic N) is 4. The van der Waals surface area contributed by atoms with Crippen molar-refractivity contribution in [3.8, 4) is 11.4 Å². The fourth-order valence-electron chi connectivity index (χ4n) is 3.74. The highest BCUT2D eigenvalue weighted by atomic mass is 16.5. The van der Waals surface area contributed by atoms with Gasteiger partial charge in [0.2, 0.25) is 0 Å². The first-order chi connectivity index (χ1) is 11.5. The van der Waals surface area contributed by atoms with Crippen molar-refractivity contribution >= 4 is 11.5 Å². The van der Waals surface area contributed by atoms with Gasteiger partial charge in [0.25, 0.3) is 0 Å². The van der Waals surface area contributed by atoms with E-state index in [1.165, 1.54) is 12.0 Å². The number of benzene rings is 1. The van der Waals surface area contributed by atoms with Gasteiger partial charge >= 0.3 is 0 Å². The van der Waals surface area contributed by atoms with Crippen LogP contribution in [0.4, 0.5) is 5.69 Å². The molecule has 1 aliphatic carbocycles. The molecule has 24 heavy (non-hydrogen) atoms. The Labute approximate surface area is 141 Å². The molecule has 2 heterocycles. The number of methoxy groups -OCH3 is 1. The van der Waals surface area contributed by atoms with Crippen LogP contribution in [0.1, 0.15) is 30.4 Å². The Morgan fingerprint density at radius 2 is 2.12 bits per heavy atom. The summed E-state index contributed by atoms with van der Waals surface area (Å²) in [6, 6.07) is 4.14. The summed E-state index contributed by atoms with van der Waals surface area (Å²) in [6.07, 6.45) is 7.27. The number of nitrogens with two attached hydrogens (primary N) is 1. The van der Waals surface area contributed by atoms with Crippen molar-refractivity contribution in [1.29, 1.82) is 0 Å². The maximum Gasteiger partial charge on any atom is 0.144 e. The molecule has 1 aromatic heterocycles. The summed E-state index contributed by atoms with van der Waals surface area (Å²) in [5, 5.41) is 4.49. The van der Waals surface area contributed by atoms with Crippen LogP contribution in [0.2, 0.25) is 0 Å². The summed E-state index contributed by atoms with van der Waals surface area (Å²) in [4.78, 5) is 6.75. The third-order valence-corrected chi connectivity index (χ3v) is 5.13. The predicted molar refractivity (Wildman–Crippen MR) is 94.3 cm³/mol. The maximum absolute atomic E-state index is 6.25. The Morgan fingerprint density at radius 1 is 1.33 bits per heavy atom. The molecule has 2 N–H and O–H groups in total. The van der Waals surface area contributed by atoms with Crippen molar-refractivity contribution < 1.29 is 4.74 Å². The van der Waals surface area contributed by atoms with Crippen LogP contribution in [0.3, 0.4) is 0 Å². The van der Waals surface area contributed by atoms with Crippen molar-refractivity contribution in [2.75, 3.05) is 21.2 Å². The van der Waals surface area contributed by atoms with Gasteiger partial charge in [-0.1, -0.05) is 6.42 Å². The first-order valence-electron chi connectivity index (χ1n) is 8.29. The minimum absolute atomic E-state index is 0.0542. The van der Waals surface area contributed by atoms with Crippen LogP contribution >= 0.6 is 0 Å². The second-order valence-corrected chi connectivity index (χ2v) is 7.00. The van der Waals surface area contributed by atoms with E-state index < -0.39 is 0 Å². The van der Waals surface area contributed by atoms with E-state index in [-0.39, 0.29) is 5.41 Å². The highest BCUT2D eigenvalue weighted by Crippen LogP contribution is 2.53. The largest absolute Gasteiger partial charge is 0.494 e. The summed E-state index contributed by atoms with van der Waals surface area (Å²) in [5.41, 5.74) is 10.4. The molecule has 0 bridgehead atoms. The monoisotopic (exact) mass is 325 g/mol. The van der Waals surface area contributed by atoms with Gasteiger partial charge in [-0.15, -0.1) is 0 Å². The van der Waals surface area contributed by atoms with Gasteiger partial charge in [-0.25, -0.2) is 9.67 Å². The van der Waals surface area contributed by atoms with E-state index in [1.54, 1.807) is 7.11 Å². The fourth-order valence-corrected chi connectivity index (χ4v) is 3.74. The molecule has 6 nitrogen and oxygen atoms in total. The lowest BCUT2D eigenvalue weighted by molar-refractivity contribution is 0.342. The molecule has 0 amide bonds. The number of aliphatic imine (C=N–C) groups is 1. The molecule has 1 aliphatic heterocycles. The van der Waals surface area contributed by atoms with Crippen molar-refractivity contribution in [2.24, 2.45) is 10.7 Å². The zero-order chi connectivity index (χ0) is 16.9. The molecule has 2 aromatic rings. The Morgan fingerprint density at radius 3 is 2.75 bits per heavy atom. The van der Waals surface area contributed by atoms with Gasteiger partial charge in [-0.05, 0) is 44.6 Å². The Hall–Kier alpha value is -2.34. The molecular formula is C18H23N5O. The van der Waals surface area contributed by atoms with E-state index in [0.29, 0.717) is 0 Å². The molecule has 6 heteroatoms. The quantitative estimate of drug-likeness (QED) is 0.937. The lowest BCUT2D eigenvalue weighted by atomic mass is 9.64. The third kappa shape index (κ3) is 2.13. The second kappa shape index (κ2) is 5.34.